The van der Waals surface area contributed by atoms with Crippen molar-refractivity contribution in [1.29, 1.82) is 0 Å². The van der Waals surface area contributed by atoms with Crippen molar-refractivity contribution in [3.63, 3.8) is 0 Å². The summed E-state index contributed by atoms with van der Waals surface area (Å²) in [6.45, 7) is 0. The highest BCUT2D eigenvalue weighted by atomic mass is 32.2. The minimum atomic E-state index is -0.310. The van der Waals surface area contributed by atoms with Crippen LogP contribution < -0.4 is 10.1 Å². The minimum Gasteiger partial charge on any atom is -0.496 e. The van der Waals surface area contributed by atoms with Gasteiger partial charge in [-0.2, -0.15) is 0 Å². The predicted octanol–water partition coefficient (Wildman–Crippen LogP) is 5.30. The molecule has 0 aliphatic carbocycles. The normalized spacial score (nSPS) is 10.5. The maximum absolute atomic E-state index is 13.4. The summed E-state index contributed by atoms with van der Waals surface area (Å²) in [5.74, 6) is 1.01. The van der Waals surface area contributed by atoms with Crippen LogP contribution in [-0.2, 0) is 17.0 Å². The Morgan fingerprint density at radius 2 is 1.75 bits per heavy atom. The van der Waals surface area contributed by atoms with Crippen LogP contribution in [0.1, 0.15) is 16.7 Å². The number of carbonyl (C=O) groups is 1. The third kappa shape index (κ3) is 5.60. The van der Waals surface area contributed by atoms with Crippen molar-refractivity contribution in [1.82, 2.24) is 0 Å². The lowest BCUT2D eigenvalue weighted by Gasteiger charge is -2.12. The molecule has 1 N–H and O–H groups in total. The molecular formula is C23H22FNO2S. The van der Waals surface area contributed by atoms with Crippen molar-refractivity contribution in [3.8, 4) is 5.75 Å². The first kappa shape index (κ1) is 20.0. The number of hydrogen-bond acceptors (Lipinski definition) is 3. The number of anilines is 1. The predicted molar refractivity (Wildman–Crippen MR) is 113 cm³/mol. The van der Waals surface area contributed by atoms with Gasteiger partial charge in [0.25, 0.3) is 0 Å². The summed E-state index contributed by atoms with van der Waals surface area (Å²) < 4.78 is 18.7. The molecule has 0 spiro atoms. The van der Waals surface area contributed by atoms with E-state index in [1.807, 2.05) is 42.5 Å². The second kappa shape index (κ2) is 9.95. The molecule has 0 unspecified atom stereocenters. The Morgan fingerprint density at radius 1 is 1.00 bits per heavy atom. The molecule has 28 heavy (non-hydrogen) atoms. The molecule has 0 heterocycles. The average Bonchev–Trinajstić information content (AvgIpc) is 2.70. The Morgan fingerprint density at radius 3 is 2.54 bits per heavy atom. The number of carbonyl (C=O) groups excluding carboxylic acids is 1. The molecule has 0 atom stereocenters. The van der Waals surface area contributed by atoms with Gasteiger partial charge in [0, 0.05) is 17.0 Å². The van der Waals surface area contributed by atoms with E-state index in [0.717, 1.165) is 23.2 Å². The molecule has 0 bridgehead atoms. The van der Waals surface area contributed by atoms with Gasteiger partial charge in [0.2, 0.25) is 5.91 Å². The Balaban J connectivity index is 1.58. The van der Waals surface area contributed by atoms with E-state index in [0.29, 0.717) is 11.5 Å². The van der Waals surface area contributed by atoms with Crippen molar-refractivity contribution >= 4 is 23.4 Å². The summed E-state index contributed by atoms with van der Waals surface area (Å²) in [6, 6.07) is 22.4. The van der Waals surface area contributed by atoms with Crippen LogP contribution in [-0.4, -0.2) is 18.8 Å². The van der Waals surface area contributed by atoms with Crippen LogP contribution in [0.3, 0.4) is 0 Å². The molecule has 0 aliphatic rings. The zero-order valence-electron chi connectivity index (χ0n) is 15.7. The number of methoxy groups -OCH3 is 1. The van der Waals surface area contributed by atoms with Gasteiger partial charge < -0.3 is 10.1 Å². The fraction of sp³-hybridized carbons (Fsp3) is 0.174. The number of nitrogens with one attached hydrogen (secondary N) is 1. The van der Waals surface area contributed by atoms with Gasteiger partial charge in [0.1, 0.15) is 11.6 Å². The number of hydrogen-bond donors (Lipinski definition) is 1. The number of halogens is 1. The first-order valence-electron chi connectivity index (χ1n) is 8.97. The lowest BCUT2D eigenvalue weighted by atomic mass is 10.0. The van der Waals surface area contributed by atoms with Gasteiger partial charge in [-0.25, -0.2) is 4.39 Å². The van der Waals surface area contributed by atoms with E-state index in [4.69, 9.17) is 4.74 Å². The average molecular weight is 395 g/mol. The van der Waals surface area contributed by atoms with Gasteiger partial charge in [-0.1, -0.05) is 48.5 Å². The summed E-state index contributed by atoms with van der Waals surface area (Å²) in [5.41, 5.74) is 3.82. The maximum atomic E-state index is 13.4. The number of para-hydroxylation sites is 1. The van der Waals surface area contributed by atoms with Crippen molar-refractivity contribution in [2.45, 2.75) is 12.2 Å². The Hall–Kier alpha value is -2.79. The van der Waals surface area contributed by atoms with Gasteiger partial charge in [-0.05, 0) is 41.8 Å². The van der Waals surface area contributed by atoms with Crippen LogP contribution in [0.2, 0.25) is 0 Å². The number of benzene rings is 3. The van der Waals surface area contributed by atoms with Gasteiger partial charge in [0.15, 0.2) is 0 Å². The Labute approximate surface area is 168 Å². The number of amides is 1. The quantitative estimate of drug-likeness (QED) is 0.563. The van der Waals surface area contributed by atoms with Crippen molar-refractivity contribution in [2.75, 3.05) is 18.2 Å². The highest BCUT2D eigenvalue weighted by Crippen LogP contribution is 2.25. The lowest BCUT2D eigenvalue weighted by molar-refractivity contribution is -0.113. The zero-order chi connectivity index (χ0) is 19.8. The molecule has 0 fully saturated rings. The van der Waals surface area contributed by atoms with E-state index in [9.17, 15) is 9.18 Å². The summed E-state index contributed by atoms with van der Waals surface area (Å²) in [6.07, 6.45) is 0.755. The van der Waals surface area contributed by atoms with Crippen molar-refractivity contribution in [3.05, 3.63) is 95.3 Å². The van der Waals surface area contributed by atoms with Crippen LogP contribution in [0.25, 0.3) is 0 Å². The lowest BCUT2D eigenvalue weighted by Crippen LogP contribution is -2.15. The molecule has 3 aromatic carbocycles. The van der Waals surface area contributed by atoms with Crippen LogP contribution in [0.5, 0.6) is 5.75 Å². The van der Waals surface area contributed by atoms with E-state index >= 15 is 0 Å². The molecule has 3 aromatic rings. The van der Waals surface area contributed by atoms with Crippen LogP contribution in [0.4, 0.5) is 10.1 Å². The molecule has 0 saturated heterocycles. The van der Waals surface area contributed by atoms with Gasteiger partial charge in [0.05, 0.1) is 12.9 Å². The maximum Gasteiger partial charge on any atom is 0.234 e. The molecule has 3 nitrogen and oxygen atoms in total. The van der Waals surface area contributed by atoms with Crippen molar-refractivity contribution in [2.24, 2.45) is 0 Å². The zero-order valence-corrected chi connectivity index (χ0v) is 16.5. The first-order chi connectivity index (χ1) is 13.7. The molecule has 0 saturated carbocycles. The third-order valence-corrected chi connectivity index (χ3v) is 5.24. The Bertz CT molecular complexity index is 931. The van der Waals surface area contributed by atoms with Crippen molar-refractivity contribution < 1.29 is 13.9 Å². The summed E-state index contributed by atoms with van der Waals surface area (Å²) >= 11 is 1.42. The summed E-state index contributed by atoms with van der Waals surface area (Å²) in [7, 11) is 1.55. The molecule has 1 amide bonds. The van der Waals surface area contributed by atoms with Gasteiger partial charge in [-0.15, -0.1) is 11.8 Å². The molecule has 0 aromatic heterocycles. The Kier molecular flexibility index (Phi) is 7.09. The smallest absolute Gasteiger partial charge is 0.234 e. The third-order valence-electron chi connectivity index (χ3n) is 4.26. The van der Waals surface area contributed by atoms with Crippen LogP contribution in [0.15, 0.2) is 72.8 Å². The molecule has 0 radical (unpaired) electrons. The van der Waals surface area contributed by atoms with Crippen LogP contribution in [0, 0.1) is 5.82 Å². The largest absolute Gasteiger partial charge is 0.496 e. The first-order valence-corrected chi connectivity index (χ1v) is 10.1. The van der Waals surface area contributed by atoms with E-state index in [2.05, 4.69) is 17.4 Å². The molecule has 5 heteroatoms. The monoisotopic (exact) mass is 395 g/mol. The van der Waals surface area contributed by atoms with E-state index in [-0.39, 0.29) is 17.5 Å². The van der Waals surface area contributed by atoms with Gasteiger partial charge >= 0.3 is 0 Å². The van der Waals surface area contributed by atoms with E-state index in [1.54, 1.807) is 13.2 Å². The minimum absolute atomic E-state index is 0.0825. The SMILES string of the molecule is COc1ccc(F)cc1CSCC(=O)Nc1ccccc1Cc1ccccc1. The second-order valence-electron chi connectivity index (χ2n) is 6.32. The highest BCUT2D eigenvalue weighted by Gasteiger charge is 2.10. The highest BCUT2D eigenvalue weighted by molar-refractivity contribution is 7.99. The topological polar surface area (TPSA) is 38.3 Å². The number of thioether (sulfide) groups is 1. The molecule has 144 valence electrons. The molecular weight excluding hydrogens is 373 g/mol. The van der Waals surface area contributed by atoms with E-state index < -0.39 is 0 Å². The molecule has 0 aliphatic heterocycles. The van der Waals surface area contributed by atoms with Crippen LogP contribution >= 0.6 is 11.8 Å². The standard InChI is InChI=1S/C23H22FNO2S/c1-27-22-12-11-20(24)14-19(22)15-28-16-23(26)25-21-10-6-5-9-18(21)13-17-7-3-2-4-8-17/h2-12,14H,13,15-16H2,1H3,(H,25,26). The van der Waals surface area contributed by atoms with Gasteiger partial charge in [-0.3, -0.25) is 4.79 Å². The fourth-order valence-corrected chi connectivity index (χ4v) is 3.72. The summed E-state index contributed by atoms with van der Waals surface area (Å²) in [5, 5.41) is 2.99. The summed E-state index contributed by atoms with van der Waals surface area (Å²) in [4.78, 5) is 12.4. The molecule has 3 rings (SSSR count). The second-order valence-corrected chi connectivity index (χ2v) is 7.30. The fourth-order valence-electron chi connectivity index (χ4n) is 2.91. The van der Waals surface area contributed by atoms with E-state index in [1.165, 1.54) is 29.5 Å². The number of ether oxygens (including phenoxy) is 1. The number of rotatable bonds is 8.